The summed E-state index contributed by atoms with van der Waals surface area (Å²) in [6.07, 6.45) is 5.18. The molecule has 1 fully saturated rings. The molecule has 0 aliphatic carbocycles. The number of unbranched alkanes of at least 4 members (excludes halogenated alkanes) is 3. The largest absolute Gasteiger partial charge is 0.379 e. The van der Waals surface area contributed by atoms with E-state index in [2.05, 4.69) is 24.0 Å². The SMILES string of the molecule is CCCCCCSc1ccc(C(=O)C(C)(C)N2CCOCC2)cc1. The molecular formula is C20H31NO2S. The van der Waals surface area contributed by atoms with E-state index in [1.165, 1.54) is 30.6 Å². The molecule has 0 radical (unpaired) electrons. The molecule has 134 valence electrons. The van der Waals surface area contributed by atoms with E-state index >= 15 is 0 Å². The van der Waals surface area contributed by atoms with E-state index in [-0.39, 0.29) is 5.78 Å². The molecule has 1 aromatic carbocycles. The summed E-state index contributed by atoms with van der Waals surface area (Å²) in [6, 6.07) is 8.15. The lowest BCUT2D eigenvalue weighted by atomic mass is 9.91. The van der Waals surface area contributed by atoms with Crippen LogP contribution in [0.2, 0.25) is 0 Å². The summed E-state index contributed by atoms with van der Waals surface area (Å²) in [5, 5.41) is 0. The van der Waals surface area contributed by atoms with Gasteiger partial charge in [0.2, 0.25) is 0 Å². The molecule has 0 unspecified atom stereocenters. The molecule has 0 N–H and O–H groups in total. The van der Waals surface area contributed by atoms with Crippen LogP contribution in [0, 0.1) is 0 Å². The second kappa shape index (κ2) is 9.59. The summed E-state index contributed by atoms with van der Waals surface area (Å²) in [5.74, 6) is 1.36. The molecule has 4 heteroatoms. The number of Topliss-reactive ketones (excluding diaryl/α,β-unsaturated/α-hetero) is 1. The van der Waals surface area contributed by atoms with E-state index in [4.69, 9.17) is 4.74 Å². The minimum Gasteiger partial charge on any atom is -0.379 e. The van der Waals surface area contributed by atoms with Crippen LogP contribution in [-0.4, -0.2) is 48.3 Å². The Hall–Kier alpha value is -0.840. The lowest BCUT2D eigenvalue weighted by Crippen LogP contribution is -2.54. The van der Waals surface area contributed by atoms with E-state index in [0.717, 1.165) is 24.4 Å². The number of ether oxygens (including phenoxy) is 1. The van der Waals surface area contributed by atoms with E-state index in [9.17, 15) is 4.79 Å². The Bertz CT molecular complexity index is 507. The molecular weight excluding hydrogens is 318 g/mol. The maximum atomic E-state index is 12.9. The van der Waals surface area contributed by atoms with Crippen molar-refractivity contribution < 1.29 is 9.53 Å². The van der Waals surface area contributed by atoms with E-state index in [0.29, 0.717) is 13.2 Å². The van der Waals surface area contributed by atoms with Gasteiger partial charge in [-0.15, -0.1) is 11.8 Å². The van der Waals surface area contributed by atoms with Crippen molar-refractivity contribution in [2.45, 2.75) is 56.9 Å². The van der Waals surface area contributed by atoms with Crippen LogP contribution in [0.3, 0.4) is 0 Å². The van der Waals surface area contributed by atoms with Crippen molar-refractivity contribution in [3.8, 4) is 0 Å². The Labute approximate surface area is 151 Å². The fourth-order valence-corrected chi connectivity index (χ4v) is 3.95. The third-order valence-electron chi connectivity index (χ3n) is 4.74. The Kier molecular flexibility index (Phi) is 7.79. The number of thioether (sulfide) groups is 1. The summed E-state index contributed by atoms with van der Waals surface area (Å²) in [7, 11) is 0. The lowest BCUT2D eigenvalue weighted by molar-refractivity contribution is -0.00430. The standard InChI is InChI=1S/C20H31NO2S/c1-4-5-6-7-16-24-18-10-8-17(9-11-18)19(22)20(2,3)21-12-14-23-15-13-21/h8-11H,4-7,12-16H2,1-3H3. The van der Waals surface area contributed by atoms with Crippen LogP contribution in [-0.2, 0) is 4.74 Å². The minimum absolute atomic E-state index is 0.198. The molecule has 1 aromatic rings. The molecule has 1 aliphatic heterocycles. The number of nitrogens with zero attached hydrogens (tertiary/aromatic N) is 1. The highest BCUT2D eigenvalue weighted by Gasteiger charge is 2.35. The Morgan fingerprint density at radius 3 is 2.42 bits per heavy atom. The zero-order valence-corrected chi connectivity index (χ0v) is 16.2. The quantitative estimate of drug-likeness (QED) is 0.369. The maximum absolute atomic E-state index is 12.9. The zero-order valence-electron chi connectivity index (χ0n) is 15.3. The van der Waals surface area contributed by atoms with Gasteiger partial charge in [0, 0.05) is 23.5 Å². The lowest BCUT2D eigenvalue weighted by Gasteiger charge is -2.39. The zero-order chi connectivity index (χ0) is 17.4. The van der Waals surface area contributed by atoms with Gasteiger partial charge in [-0.05, 0) is 38.2 Å². The average molecular weight is 350 g/mol. The van der Waals surface area contributed by atoms with Crippen molar-refractivity contribution in [3.63, 3.8) is 0 Å². The fraction of sp³-hybridized carbons (Fsp3) is 0.650. The smallest absolute Gasteiger partial charge is 0.182 e. The monoisotopic (exact) mass is 349 g/mol. The van der Waals surface area contributed by atoms with Crippen LogP contribution in [0.15, 0.2) is 29.2 Å². The van der Waals surface area contributed by atoms with Crippen molar-refractivity contribution in [2.24, 2.45) is 0 Å². The molecule has 0 spiro atoms. The number of rotatable bonds is 9. The van der Waals surface area contributed by atoms with Gasteiger partial charge in [0.1, 0.15) is 0 Å². The van der Waals surface area contributed by atoms with Crippen LogP contribution in [0.5, 0.6) is 0 Å². The van der Waals surface area contributed by atoms with Crippen molar-refractivity contribution in [1.82, 2.24) is 4.90 Å². The summed E-state index contributed by atoms with van der Waals surface area (Å²) in [5.41, 5.74) is 0.334. The highest BCUT2D eigenvalue weighted by atomic mass is 32.2. The number of hydrogen-bond acceptors (Lipinski definition) is 4. The summed E-state index contributed by atoms with van der Waals surface area (Å²) >= 11 is 1.89. The van der Waals surface area contributed by atoms with Gasteiger partial charge in [-0.1, -0.05) is 38.3 Å². The molecule has 1 aliphatic rings. The summed E-state index contributed by atoms with van der Waals surface area (Å²) < 4.78 is 5.40. The molecule has 2 rings (SSSR count). The molecule has 0 saturated carbocycles. The fourth-order valence-electron chi connectivity index (χ4n) is 3.04. The van der Waals surface area contributed by atoms with Gasteiger partial charge in [-0.2, -0.15) is 0 Å². The van der Waals surface area contributed by atoms with Gasteiger partial charge in [0.15, 0.2) is 5.78 Å². The van der Waals surface area contributed by atoms with E-state index in [1.807, 2.05) is 37.7 Å². The first kappa shape index (κ1) is 19.5. The van der Waals surface area contributed by atoms with Crippen LogP contribution in [0.1, 0.15) is 56.8 Å². The second-order valence-corrected chi connectivity index (χ2v) is 8.09. The number of benzene rings is 1. The molecule has 1 heterocycles. The molecule has 24 heavy (non-hydrogen) atoms. The van der Waals surface area contributed by atoms with E-state index < -0.39 is 5.54 Å². The van der Waals surface area contributed by atoms with Crippen molar-refractivity contribution in [2.75, 3.05) is 32.1 Å². The van der Waals surface area contributed by atoms with Crippen molar-refractivity contribution in [1.29, 1.82) is 0 Å². The molecule has 0 aromatic heterocycles. The second-order valence-electron chi connectivity index (χ2n) is 6.92. The number of hydrogen-bond donors (Lipinski definition) is 0. The minimum atomic E-state index is -0.474. The van der Waals surface area contributed by atoms with Crippen LogP contribution < -0.4 is 0 Å². The number of carbonyl (C=O) groups is 1. The van der Waals surface area contributed by atoms with Gasteiger partial charge in [0.25, 0.3) is 0 Å². The highest BCUT2D eigenvalue weighted by molar-refractivity contribution is 7.99. The summed E-state index contributed by atoms with van der Waals surface area (Å²) in [4.78, 5) is 16.4. The summed E-state index contributed by atoms with van der Waals surface area (Å²) in [6.45, 7) is 9.36. The average Bonchev–Trinajstić information content (AvgIpc) is 2.62. The number of morpholine rings is 1. The normalized spacial score (nSPS) is 16.3. The Balaban J connectivity index is 1.90. The first-order valence-electron chi connectivity index (χ1n) is 9.16. The predicted molar refractivity (Wildman–Crippen MR) is 102 cm³/mol. The Morgan fingerprint density at radius 1 is 1.12 bits per heavy atom. The molecule has 3 nitrogen and oxygen atoms in total. The number of carbonyl (C=O) groups excluding carboxylic acids is 1. The van der Waals surface area contributed by atoms with Gasteiger partial charge < -0.3 is 4.74 Å². The van der Waals surface area contributed by atoms with E-state index in [1.54, 1.807) is 0 Å². The predicted octanol–water partition coefficient (Wildman–Crippen LogP) is 4.65. The maximum Gasteiger partial charge on any atom is 0.182 e. The van der Waals surface area contributed by atoms with Crippen LogP contribution in [0.25, 0.3) is 0 Å². The highest BCUT2D eigenvalue weighted by Crippen LogP contribution is 2.25. The van der Waals surface area contributed by atoms with Crippen molar-refractivity contribution in [3.05, 3.63) is 29.8 Å². The number of ketones is 1. The first-order valence-corrected chi connectivity index (χ1v) is 10.1. The first-order chi connectivity index (χ1) is 11.6. The third kappa shape index (κ3) is 5.33. The molecule has 0 bridgehead atoms. The topological polar surface area (TPSA) is 29.5 Å². The van der Waals surface area contributed by atoms with Crippen molar-refractivity contribution >= 4 is 17.5 Å². The molecule has 1 saturated heterocycles. The molecule has 0 amide bonds. The van der Waals surface area contributed by atoms with Crippen LogP contribution in [0.4, 0.5) is 0 Å². The molecule has 0 atom stereocenters. The van der Waals surface area contributed by atoms with Crippen LogP contribution >= 0.6 is 11.8 Å². The van der Waals surface area contributed by atoms with Gasteiger partial charge in [0.05, 0.1) is 18.8 Å². The van der Waals surface area contributed by atoms with Gasteiger partial charge in [-0.3, -0.25) is 9.69 Å². The third-order valence-corrected chi connectivity index (χ3v) is 5.84. The van der Waals surface area contributed by atoms with Gasteiger partial charge in [-0.25, -0.2) is 0 Å². The van der Waals surface area contributed by atoms with Gasteiger partial charge >= 0.3 is 0 Å². The Morgan fingerprint density at radius 2 is 1.79 bits per heavy atom.